The molecule has 1 saturated carbocycles. The van der Waals surface area contributed by atoms with Crippen LogP contribution in [0.1, 0.15) is 42.6 Å². The fraction of sp³-hybridized carbons (Fsp3) is 0.600. The molecule has 1 aromatic rings. The highest BCUT2D eigenvalue weighted by molar-refractivity contribution is 8.00. The first-order chi connectivity index (χ1) is 9.70. The number of carbonyl (C=O) groups is 1. The minimum Gasteiger partial charge on any atom is -0.505 e. The summed E-state index contributed by atoms with van der Waals surface area (Å²) in [5.41, 5.74) is 0.186. The van der Waals surface area contributed by atoms with E-state index in [0.717, 1.165) is 18.8 Å². The molecule has 1 aliphatic heterocycles. The summed E-state index contributed by atoms with van der Waals surface area (Å²) in [4.78, 5) is 18.5. The fourth-order valence-electron chi connectivity index (χ4n) is 3.23. The number of thioether (sulfide) groups is 1. The molecular formula is C15H20N2O2S. The molecule has 108 valence electrons. The standard InChI is InChI=1S/C15H20N2O2S/c18-12-5-4-8-16-13(12)14(19)17-9-10-20-15(11-17)6-2-1-3-7-15/h4-5,8,18H,1-3,6-7,9-11H2. The Hall–Kier alpha value is -1.23. The molecule has 1 N–H and O–H groups in total. The van der Waals surface area contributed by atoms with Crippen LogP contribution in [-0.2, 0) is 0 Å². The molecule has 1 aromatic heterocycles. The van der Waals surface area contributed by atoms with Gasteiger partial charge in [-0.2, -0.15) is 11.8 Å². The summed E-state index contributed by atoms with van der Waals surface area (Å²) in [6.45, 7) is 1.55. The molecule has 2 aliphatic rings. The number of aromatic hydroxyl groups is 1. The van der Waals surface area contributed by atoms with Crippen LogP contribution >= 0.6 is 11.8 Å². The average Bonchev–Trinajstić information content (AvgIpc) is 2.48. The summed E-state index contributed by atoms with van der Waals surface area (Å²) < 4.78 is 0.247. The molecule has 0 unspecified atom stereocenters. The van der Waals surface area contributed by atoms with Gasteiger partial charge in [0.25, 0.3) is 5.91 Å². The predicted octanol–water partition coefficient (Wildman–Crippen LogP) is 2.68. The first-order valence-corrected chi connectivity index (χ1v) is 8.26. The summed E-state index contributed by atoms with van der Waals surface area (Å²) in [6.07, 6.45) is 7.82. The highest BCUT2D eigenvalue weighted by Gasteiger charge is 2.39. The molecule has 1 amide bonds. The van der Waals surface area contributed by atoms with Gasteiger partial charge in [-0.05, 0) is 25.0 Å². The van der Waals surface area contributed by atoms with Gasteiger partial charge in [-0.15, -0.1) is 0 Å². The van der Waals surface area contributed by atoms with E-state index in [4.69, 9.17) is 0 Å². The van der Waals surface area contributed by atoms with Crippen LogP contribution < -0.4 is 0 Å². The van der Waals surface area contributed by atoms with E-state index in [2.05, 4.69) is 4.98 Å². The predicted molar refractivity (Wildman–Crippen MR) is 80.1 cm³/mol. The molecule has 20 heavy (non-hydrogen) atoms. The summed E-state index contributed by atoms with van der Waals surface area (Å²) in [5, 5.41) is 9.80. The van der Waals surface area contributed by atoms with Crippen molar-refractivity contribution >= 4 is 17.7 Å². The van der Waals surface area contributed by atoms with E-state index >= 15 is 0 Å². The first-order valence-electron chi connectivity index (χ1n) is 7.27. The highest BCUT2D eigenvalue weighted by Crippen LogP contribution is 2.43. The second-order valence-electron chi connectivity index (χ2n) is 5.69. The van der Waals surface area contributed by atoms with Gasteiger partial charge in [0.2, 0.25) is 0 Å². The van der Waals surface area contributed by atoms with Crippen LogP contribution in [-0.4, -0.2) is 44.5 Å². The lowest BCUT2D eigenvalue weighted by atomic mass is 9.87. The number of hydrogen-bond donors (Lipinski definition) is 1. The summed E-state index contributed by atoms with van der Waals surface area (Å²) in [5.74, 6) is 0.834. The van der Waals surface area contributed by atoms with Crippen molar-refractivity contribution in [3.63, 3.8) is 0 Å². The molecule has 1 saturated heterocycles. The minimum atomic E-state index is -0.131. The van der Waals surface area contributed by atoms with E-state index in [1.165, 1.54) is 38.2 Å². The van der Waals surface area contributed by atoms with Crippen LogP contribution in [0.5, 0.6) is 5.75 Å². The van der Waals surface area contributed by atoms with Gasteiger partial charge in [-0.1, -0.05) is 19.3 Å². The van der Waals surface area contributed by atoms with E-state index in [-0.39, 0.29) is 22.1 Å². The zero-order valence-electron chi connectivity index (χ0n) is 11.5. The number of rotatable bonds is 1. The Balaban J connectivity index is 1.77. The average molecular weight is 292 g/mol. The zero-order chi connectivity index (χ0) is 14.0. The molecule has 0 bridgehead atoms. The van der Waals surface area contributed by atoms with E-state index in [0.29, 0.717) is 0 Å². The van der Waals surface area contributed by atoms with Gasteiger partial charge in [0, 0.05) is 29.8 Å². The Bertz CT molecular complexity index is 495. The molecular weight excluding hydrogens is 272 g/mol. The molecule has 2 fully saturated rings. The van der Waals surface area contributed by atoms with E-state index in [9.17, 15) is 9.90 Å². The van der Waals surface area contributed by atoms with E-state index in [1.807, 2.05) is 16.7 Å². The maximum Gasteiger partial charge on any atom is 0.276 e. The molecule has 3 rings (SSSR count). The van der Waals surface area contributed by atoms with Crippen LogP contribution in [0.25, 0.3) is 0 Å². The lowest BCUT2D eigenvalue weighted by molar-refractivity contribution is 0.0721. The van der Waals surface area contributed by atoms with Gasteiger partial charge in [-0.25, -0.2) is 4.98 Å². The number of amides is 1. The monoisotopic (exact) mass is 292 g/mol. The van der Waals surface area contributed by atoms with Gasteiger partial charge >= 0.3 is 0 Å². The Morgan fingerprint density at radius 1 is 1.35 bits per heavy atom. The third-order valence-electron chi connectivity index (χ3n) is 4.29. The largest absolute Gasteiger partial charge is 0.505 e. The quantitative estimate of drug-likeness (QED) is 0.864. The van der Waals surface area contributed by atoms with Crippen molar-refractivity contribution in [3.8, 4) is 5.75 Å². The Morgan fingerprint density at radius 2 is 2.15 bits per heavy atom. The van der Waals surface area contributed by atoms with Crippen LogP contribution in [0.3, 0.4) is 0 Å². The molecule has 1 aliphatic carbocycles. The van der Waals surface area contributed by atoms with Crippen LogP contribution in [0.15, 0.2) is 18.3 Å². The first kappa shape index (κ1) is 13.7. The van der Waals surface area contributed by atoms with Gasteiger partial charge in [-0.3, -0.25) is 4.79 Å². The van der Waals surface area contributed by atoms with E-state index < -0.39 is 0 Å². The summed E-state index contributed by atoms with van der Waals surface area (Å²) >= 11 is 2.03. The number of hydrogen-bond acceptors (Lipinski definition) is 4. The van der Waals surface area contributed by atoms with Gasteiger partial charge in [0.15, 0.2) is 5.69 Å². The third-order valence-corrected chi connectivity index (χ3v) is 5.83. The number of pyridine rings is 1. The van der Waals surface area contributed by atoms with Crippen LogP contribution in [0, 0.1) is 0 Å². The van der Waals surface area contributed by atoms with Crippen molar-refractivity contribution in [2.75, 3.05) is 18.8 Å². The van der Waals surface area contributed by atoms with Crippen molar-refractivity contribution in [1.82, 2.24) is 9.88 Å². The van der Waals surface area contributed by atoms with E-state index in [1.54, 1.807) is 12.3 Å². The molecule has 0 aromatic carbocycles. The second kappa shape index (κ2) is 5.64. The van der Waals surface area contributed by atoms with Crippen molar-refractivity contribution in [2.45, 2.75) is 36.9 Å². The number of carbonyl (C=O) groups excluding carboxylic acids is 1. The maximum absolute atomic E-state index is 12.5. The smallest absolute Gasteiger partial charge is 0.276 e. The van der Waals surface area contributed by atoms with Gasteiger partial charge in [0.1, 0.15) is 5.75 Å². The van der Waals surface area contributed by atoms with Crippen LogP contribution in [0.4, 0.5) is 0 Å². The molecule has 0 atom stereocenters. The summed E-state index contributed by atoms with van der Waals surface area (Å²) in [7, 11) is 0. The minimum absolute atomic E-state index is 0.0200. The fourth-order valence-corrected chi connectivity index (χ4v) is 4.80. The normalized spacial score (nSPS) is 21.9. The van der Waals surface area contributed by atoms with Gasteiger partial charge < -0.3 is 10.0 Å². The molecule has 0 radical (unpaired) electrons. The lowest BCUT2D eigenvalue weighted by Gasteiger charge is -2.44. The molecule has 5 heteroatoms. The molecule has 1 spiro atoms. The third kappa shape index (κ3) is 2.64. The topological polar surface area (TPSA) is 53.4 Å². The molecule has 2 heterocycles. The SMILES string of the molecule is O=C(c1ncccc1O)N1CCSC2(CCCCC2)C1. The maximum atomic E-state index is 12.5. The van der Waals surface area contributed by atoms with Crippen molar-refractivity contribution < 1.29 is 9.90 Å². The molecule has 4 nitrogen and oxygen atoms in total. The second-order valence-corrected chi connectivity index (χ2v) is 7.25. The Morgan fingerprint density at radius 3 is 2.90 bits per heavy atom. The Labute approximate surface area is 123 Å². The summed E-state index contributed by atoms with van der Waals surface area (Å²) in [6, 6.07) is 3.16. The number of nitrogens with zero attached hydrogens (tertiary/aromatic N) is 2. The van der Waals surface area contributed by atoms with Crippen molar-refractivity contribution in [3.05, 3.63) is 24.0 Å². The van der Waals surface area contributed by atoms with Crippen molar-refractivity contribution in [2.24, 2.45) is 0 Å². The van der Waals surface area contributed by atoms with Crippen LogP contribution in [0.2, 0.25) is 0 Å². The lowest BCUT2D eigenvalue weighted by Crippen LogP contribution is -2.50. The highest BCUT2D eigenvalue weighted by atomic mass is 32.2. The Kier molecular flexibility index (Phi) is 3.87. The zero-order valence-corrected chi connectivity index (χ0v) is 12.4. The van der Waals surface area contributed by atoms with Crippen molar-refractivity contribution in [1.29, 1.82) is 0 Å². The number of aromatic nitrogens is 1. The van der Waals surface area contributed by atoms with Gasteiger partial charge in [0.05, 0.1) is 0 Å².